The zero-order chi connectivity index (χ0) is 24.5. The van der Waals surface area contributed by atoms with Gasteiger partial charge in [-0.25, -0.2) is 25.9 Å². The second-order valence-corrected chi connectivity index (χ2v) is 12.8. The highest BCUT2D eigenvalue weighted by Crippen LogP contribution is 2.54. The van der Waals surface area contributed by atoms with Crippen molar-refractivity contribution in [3.8, 4) is 0 Å². The van der Waals surface area contributed by atoms with E-state index in [1.807, 2.05) is 6.08 Å². The lowest BCUT2D eigenvalue weighted by molar-refractivity contribution is 0.142. The predicted molar refractivity (Wildman–Crippen MR) is 131 cm³/mol. The van der Waals surface area contributed by atoms with E-state index in [-0.39, 0.29) is 35.3 Å². The van der Waals surface area contributed by atoms with Gasteiger partial charge in [-0.2, -0.15) is 0 Å². The molecule has 0 amide bonds. The first kappa shape index (κ1) is 25.3. The van der Waals surface area contributed by atoms with E-state index in [1.54, 1.807) is 11.9 Å². The predicted octanol–water partition coefficient (Wildman–Crippen LogP) is 6.59. The van der Waals surface area contributed by atoms with E-state index >= 15 is 4.39 Å². The highest BCUT2D eigenvalue weighted by atomic mass is 32.2. The lowest BCUT2D eigenvalue weighted by Crippen LogP contribution is -2.52. The van der Waals surface area contributed by atoms with Crippen molar-refractivity contribution in [2.75, 3.05) is 6.54 Å². The molecule has 4 rings (SSSR count). The Bertz CT molecular complexity index is 1140. The smallest absolute Gasteiger partial charge is 0.188 e. The Hall–Kier alpha value is -1.77. The van der Waals surface area contributed by atoms with Crippen LogP contribution in [0.15, 0.2) is 60.0 Å². The molecule has 1 heterocycles. The highest BCUT2D eigenvalue weighted by molar-refractivity contribution is 7.97. The van der Waals surface area contributed by atoms with Gasteiger partial charge < -0.3 is 0 Å². The molecule has 2 aromatic carbocycles. The van der Waals surface area contributed by atoms with Crippen LogP contribution in [0.2, 0.25) is 0 Å². The number of alkyl halides is 1. The van der Waals surface area contributed by atoms with E-state index in [0.717, 1.165) is 31.0 Å². The molecule has 2 aliphatic rings. The molecule has 1 aliphatic carbocycles. The van der Waals surface area contributed by atoms with Gasteiger partial charge in [0.25, 0.3) is 0 Å². The molecule has 34 heavy (non-hydrogen) atoms. The van der Waals surface area contributed by atoms with Gasteiger partial charge in [0.1, 0.15) is 23.1 Å². The molecule has 4 atom stereocenters. The van der Waals surface area contributed by atoms with E-state index in [1.165, 1.54) is 24.3 Å². The van der Waals surface area contributed by atoms with Gasteiger partial charge in [0.2, 0.25) is 0 Å². The first-order valence-electron chi connectivity index (χ1n) is 11.6. The van der Waals surface area contributed by atoms with Gasteiger partial charge in [0, 0.05) is 23.4 Å². The lowest BCUT2D eigenvalue weighted by Gasteiger charge is -2.51. The van der Waals surface area contributed by atoms with Crippen LogP contribution in [0.5, 0.6) is 0 Å². The lowest BCUT2D eigenvalue weighted by atomic mass is 9.72. The second kappa shape index (κ2) is 10.1. The largest absolute Gasteiger partial charge is 0.246 e. The summed E-state index contributed by atoms with van der Waals surface area (Å²) in [5, 5.41) is 0.320. The van der Waals surface area contributed by atoms with Gasteiger partial charge in [-0.05, 0) is 73.9 Å². The minimum atomic E-state index is -4.12. The van der Waals surface area contributed by atoms with Crippen molar-refractivity contribution >= 4 is 21.8 Å². The topological polar surface area (TPSA) is 37.4 Å². The molecule has 1 aliphatic heterocycles. The average Bonchev–Trinajstić information content (AvgIpc) is 2.85. The second-order valence-electron chi connectivity index (χ2n) is 9.23. The Balaban J connectivity index is 1.84. The third-order valence-electron chi connectivity index (χ3n) is 7.29. The molecule has 3 nitrogen and oxygen atoms in total. The molecule has 0 aromatic heterocycles. The normalized spacial score (nSPS) is 27.8. The maximum absolute atomic E-state index is 15.2. The molecule has 0 radical (unpaired) electrons. The highest BCUT2D eigenvalue weighted by Gasteiger charge is 2.55. The van der Waals surface area contributed by atoms with E-state index in [4.69, 9.17) is 0 Å². The van der Waals surface area contributed by atoms with Crippen LogP contribution in [0.4, 0.5) is 13.2 Å². The van der Waals surface area contributed by atoms with Gasteiger partial charge in [-0.1, -0.05) is 37.1 Å². The fourth-order valence-corrected chi connectivity index (χ4v) is 9.26. The van der Waals surface area contributed by atoms with Crippen LogP contribution in [0.3, 0.4) is 0 Å². The Morgan fingerprint density at radius 2 is 1.94 bits per heavy atom. The molecule has 1 saturated heterocycles. The van der Waals surface area contributed by atoms with E-state index < -0.39 is 32.9 Å². The van der Waals surface area contributed by atoms with Crippen molar-refractivity contribution in [1.82, 2.24) is 4.31 Å². The van der Waals surface area contributed by atoms with Crippen LogP contribution in [-0.4, -0.2) is 30.6 Å². The molecule has 0 spiro atoms. The molecular formula is C26H30F3NO2S2. The summed E-state index contributed by atoms with van der Waals surface area (Å²) in [4.78, 5) is 0.00647. The number of fused-ring (bicyclic) bond motifs is 1. The number of hydrogen-bond donors (Lipinski definition) is 0. The van der Waals surface area contributed by atoms with Gasteiger partial charge in [0.05, 0.1) is 4.90 Å². The number of sulfone groups is 1. The standard InChI is InChI=1S/C26H30F3NO2S2/c1-3-13-30-25-11-12-26(16-19(25)14-21(4-2)33-30,23-15-20(28)7-10-24(23)29)34(31,32)22-8-5-18(17-27)6-9-22/h3,5-10,15,19,21,25H,1,4,11-14,16-17H2,2H3/t19-,21-,25+,26-/m1/s1. The Kier molecular flexibility index (Phi) is 7.50. The number of halogens is 3. The summed E-state index contributed by atoms with van der Waals surface area (Å²) in [6, 6.07) is 8.83. The Morgan fingerprint density at radius 1 is 1.21 bits per heavy atom. The van der Waals surface area contributed by atoms with Crippen molar-refractivity contribution in [1.29, 1.82) is 0 Å². The van der Waals surface area contributed by atoms with Gasteiger partial charge in [-0.3, -0.25) is 0 Å². The SMILES string of the molecule is C=CCN1S[C@H](CC)C[C@@H]2C[C@](c3cc(F)ccc3F)(S(=O)(=O)c3ccc(CF)cc3)CC[C@@H]21. The summed E-state index contributed by atoms with van der Waals surface area (Å²) in [7, 11) is -4.12. The van der Waals surface area contributed by atoms with Crippen molar-refractivity contribution in [2.45, 2.75) is 66.6 Å². The van der Waals surface area contributed by atoms with E-state index in [0.29, 0.717) is 23.8 Å². The molecule has 2 fully saturated rings. The average molecular weight is 510 g/mol. The Morgan fingerprint density at radius 3 is 2.59 bits per heavy atom. The van der Waals surface area contributed by atoms with Crippen molar-refractivity contribution in [3.63, 3.8) is 0 Å². The van der Waals surface area contributed by atoms with Gasteiger partial charge in [0.15, 0.2) is 9.84 Å². The number of nitrogens with zero attached hydrogens (tertiary/aromatic N) is 1. The van der Waals surface area contributed by atoms with Crippen molar-refractivity contribution < 1.29 is 21.6 Å². The maximum atomic E-state index is 15.2. The zero-order valence-corrected chi connectivity index (χ0v) is 20.9. The summed E-state index contributed by atoms with van der Waals surface area (Å²) >= 11 is 1.79. The van der Waals surface area contributed by atoms with Crippen LogP contribution < -0.4 is 0 Å². The van der Waals surface area contributed by atoms with Crippen molar-refractivity contribution in [2.24, 2.45) is 5.92 Å². The molecular weight excluding hydrogens is 479 g/mol. The Labute approximate surface area is 204 Å². The molecule has 2 aromatic rings. The summed E-state index contributed by atoms with van der Waals surface area (Å²) in [5.41, 5.74) is 0.255. The minimum Gasteiger partial charge on any atom is -0.246 e. The maximum Gasteiger partial charge on any atom is 0.188 e. The summed E-state index contributed by atoms with van der Waals surface area (Å²) in [6.07, 6.45) is 4.51. The van der Waals surface area contributed by atoms with Crippen LogP contribution >= 0.6 is 11.9 Å². The number of rotatable bonds is 7. The molecule has 1 saturated carbocycles. The van der Waals surface area contributed by atoms with Crippen LogP contribution in [0.1, 0.15) is 50.2 Å². The van der Waals surface area contributed by atoms with Crippen LogP contribution in [0.25, 0.3) is 0 Å². The fourth-order valence-electron chi connectivity index (χ4n) is 5.56. The molecule has 8 heteroatoms. The van der Waals surface area contributed by atoms with Gasteiger partial charge in [-0.15, -0.1) is 6.58 Å². The molecule has 184 valence electrons. The van der Waals surface area contributed by atoms with Crippen LogP contribution in [0, 0.1) is 17.6 Å². The first-order chi connectivity index (χ1) is 16.3. The summed E-state index contributed by atoms with van der Waals surface area (Å²) < 4.78 is 71.7. The first-order valence-corrected chi connectivity index (χ1v) is 14.0. The third kappa shape index (κ3) is 4.44. The zero-order valence-electron chi connectivity index (χ0n) is 19.2. The third-order valence-corrected chi connectivity index (χ3v) is 11.3. The number of hydrogen-bond acceptors (Lipinski definition) is 4. The number of benzene rings is 2. The van der Waals surface area contributed by atoms with E-state index in [9.17, 15) is 17.2 Å². The van der Waals surface area contributed by atoms with Gasteiger partial charge >= 0.3 is 0 Å². The summed E-state index contributed by atoms with van der Waals surface area (Å²) in [6.45, 7) is 5.95. The summed E-state index contributed by atoms with van der Waals surface area (Å²) in [5.74, 6) is -1.38. The van der Waals surface area contributed by atoms with Crippen LogP contribution in [-0.2, 0) is 21.3 Å². The van der Waals surface area contributed by atoms with E-state index in [2.05, 4.69) is 17.8 Å². The monoisotopic (exact) mass is 509 g/mol. The molecule has 0 bridgehead atoms. The molecule has 0 unspecified atom stereocenters. The molecule has 0 N–H and O–H groups in total. The quantitative estimate of drug-likeness (QED) is 0.312. The fraction of sp³-hybridized carbons (Fsp3) is 0.462. The minimum absolute atomic E-state index is 0.00228. The van der Waals surface area contributed by atoms with Crippen molar-refractivity contribution in [3.05, 3.63) is 77.9 Å².